The molecule has 0 radical (unpaired) electrons. The first-order valence-electron chi connectivity index (χ1n) is 9.02. The molecule has 1 unspecified atom stereocenters. The van der Waals surface area contributed by atoms with Gasteiger partial charge in [0.2, 0.25) is 0 Å². The predicted octanol–water partition coefficient (Wildman–Crippen LogP) is 2.35. The summed E-state index contributed by atoms with van der Waals surface area (Å²) >= 11 is 0. The molecule has 1 atom stereocenters. The minimum Gasteiger partial charge on any atom is -0.486 e. The number of aliphatic hydroxyl groups excluding tert-OH is 1. The van der Waals surface area contributed by atoms with Gasteiger partial charge in [0.1, 0.15) is 18.1 Å². The third-order valence-corrected chi connectivity index (χ3v) is 4.49. The van der Waals surface area contributed by atoms with Gasteiger partial charge in [-0.25, -0.2) is 0 Å². The molecule has 7 heteroatoms. The molecule has 0 saturated heterocycles. The second kappa shape index (κ2) is 8.41. The first-order chi connectivity index (χ1) is 13.5. The number of pyridine rings is 2. The van der Waals surface area contributed by atoms with E-state index in [1.165, 1.54) is 7.11 Å². The number of aryl methyl sites for hydroxylation is 1. The van der Waals surface area contributed by atoms with Crippen LogP contribution >= 0.6 is 0 Å². The van der Waals surface area contributed by atoms with Gasteiger partial charge in [0.25, 0.3) is 5.91 Å². The average molecular weight is 383 g/mol. The number of carbonyl (C=O) groups is 1. The molecule has 3 aromatic heterocycles. The van der Waals surface area contributed by atoms with Crippen LogP contribution in [-0.4, -0.2) is 46.3 Å². The molecule has 0 saturated carbocycles. The summed E-state index contributed by atoms with van der Waals surface area (Å²) in [5, 5.41) is 12.5. The lowest BCUT2D eigenvalue weighted by Crippen LogP contribution is -2.52. The second-order valence-electron chi connectivity index (χ2n) is 7.05. The van der Waals surface area contributed by atoms with E-state index < -0.39 is 5.54 Å². The van der Waals surface area contributed by atoms with Crippen LogP contribution in [0, 0.1) is 6.92 Å². The number of aliphatic hydroxyl groups is 1. The maximum absolute atomic E-state index is 12.9. The number of nitrogens with zero attached hydrogens (tertiary/aromatic N) is 2. The molecule has 0 bridgehead atoms. The van der Waals surface area contributed by atoms with Gasteiger partial charge in [0, 0.05) is 18.8 Å². The quantitative estimate of drug-likeness (QED) is 0.624. The first-order valence-corrected chi connectivity index (χ1v) is 9.02. The largest absolute Gasteiger partial charge is 0.486 e. The highest BCUT2D eigenvalue weighted by molar-refractivity contribution is 5.96. The molecule has 3 heterocycles. The van der Waals surface area contributed by atoms with Crippen LogP contribution in [0.3, 0.4) is 0 Å². The minimum atomic E-state index is -0.866. The van der Waals surface area contributed by atoms with Crippen molar-refractivity contribution in [2.24, 2.45) is 0 Å². The summed E-state index contributed by atoms with van der Waals surface area (Å²) in [7, 11) is 1.53. The summed E-state index contributed by atoms with van der Waals surface area (Å²) in [4.78, 5) is 17.2. The summed E-state index contributed by atoms with van der Waals surface area (Å²) in [5.74, 6) is 0.345. The Morgan fingerprint density at radius 2 is 2.14 bits per heavy atom. The summed E-state index contributed by atoms with van der Waals surface area (Å²) in [5.41, 5.74) is 2.16. The first kappa shape index (κ1) is 19.9. The van der Waals surface area contributed by atoms with Crippen molar-refractivity contribution in [1.82, 2.24) is 14.7 Å². The maximum atomic E-state index is 12.9. The molecule has 0 aliphatic heterocycles. The van der Waals surface area contributed by atoms with Crippen LogP contribution < -0.4 is 10.1 Å². The van der Waals surface area contributed by atoms with Crippen molar-refractivity contribution < 1.29 is 19.4 Å². The van der Waals surface area contributed by atoms with Gasteiger partial charge >= 0.3 is 0 Å². The zero-order chi connectivity index (χ0) is 20.1. The van der Waals surface area contributed by atoms with Crippen molar-refractivity contribution in [2.75, 3.05) is 20.3 Å². The van der Waals surface area contributed by atoms with E-state index in [1.807, 2.05) is 43.3 Å². The summed E-state index contributed by atoms with van der Waals surface area (Å²) in [6.45, 7) is 3.93. The molecule has 0 aliphatic rings. The van der Waals surface area contributed by atoms with Crippen molar-refractivity contribution in [3.05, 3.63) is 65.7 Å². The van der Waals surface area contributed by atoms with Gasteiger partial charge in [-0.15, -0.1) is 0 Å². The lowest BCUT2D eigenvalue weighted by Gasteiger charge is -2.27. The van der Waals surface area contributed by atoms with Crippen LogP contribution in [0.4, 0.5) is 0 Å². The fourth-order valence-electron chi connectivity index (χ4n) is 3.07. The lowest BCUT2D eigenvalue weighted by atomic mass is 10.0. The smallest absolute Gasteiger partial charge is 0.269 e. The average Bonchev–Trinajstić information content (AvgIpc) is 3.02. The van der Waals surface area contributed by atoms with Crippen LogP contribution in [0.15, 0.2) is 48.8 Å². The number of aromatic nitrogens is 2. The number of nitrogens with one attached hydrogen (secondary N) is 1. The lowest BCUT2D eigenvalue weighted by molar-refractivity contribution is 0.0593. The van der Waals surface area contributed by atoms with Crippen molar-refractivity contribution in [2.45, 2.75) is 26.0 Å². The minimum absolute atomic E-state index is 0.204. The van der Waals surface area contributed by atoms with Gasteiger partial charge in [0.05, 0.1) is 30.6 Å². The molecule has 2 N–H and O–H groups in total. The zero-order valence-corrected chi connectivity index (χ0v) is 16.3. The van der Waals surface area contributed by atoms with Gasteiger partial charge in [-0.3, -0.25) is 9.78 Å². The number of carbonyl (C=O) groups excluding carboxylic acids is 1. The molecule has 28 heavy (non-hydrogen) atoms. The Balaban J connectivity index is 1.85. The van der Waals surface area contributed by atoms with Crippen molar-refractivity contribution in [1.29, 1.82) is 0 Å². The summed E-state index contributed by atoms with van der Waals surface area (Å²) in [6, 6.07) is 11.4. The molecular weight excluding hydrogens is 358 g/mol. The standard InChI is InChI=1S/C21H25N3O4/c1-15-10-17-7-8-18(28-12-16-6-4-5-9-22-16)11-24(17)19(15)20(26)23-21(2,13-25)14-27-3/h4-11,25H,12-14H2,1-3H3,(H,23,26). The topological polar surface area (TPSA) is 85.1 Å². The molecule has 0 fully saturated rings. The van der Waals surface area contributed by atoms with E-state index in [-0.39, 0.29) is 19.1 Å². The predicted molar refractivity (Wildman–Crippen MR) is 106 cm³/mol. The van der Waals surface area contributed by atoms with Gasteiger partial charge in [-0.1, -0.05) is 6.07 Å². The Hall–Kier alpha value is -2.90. The van der Waals surface area contributed by atoms with E-state index in [1.54, 1.807) is 23.7 Å². The molecule has 0 spiro atoms. The van der Waals surface area contributed by atoms with E-state index in [9.17, 15) is 9.90 Å². The SMILES string of the molecule is COCC(C)(CO)NC(=O)c1c(C)cc2ccc(OCc3ccccn3)cn12. The molecule has 7 nitrogen and oxygen atoms in total. The molecule has 1 amide bonds. The zero-order valence-electron chi connectivity index (χ0n) is 16.3. The molecule has 3 aromatic rings. The monoisotopic (exact) mass is 383 g/mol. The molecule has 0 aromatic carbocycles. The van der Waals surface area contributed by atoms with Crippen molar-refractivity contribution in [3.63, 3.8) is 0 Å². The van der Waals surface area contributed by atoms with E-state index in [0.29, 0.717) is 18.1 Å². The molecular formula is C21H25N3O4. The fourth-order valence-corrected chi connectivity index (χ4v) is 3.07. The van der Waals surface area contributed by atoms with Crippen LogP contribution in [0.25, 0.3) is 5.52 Å². The number of hydrogen-bond donors (Lipinski definition) is 2. The normalized spacial score (nSPS) is 13.3. The molecule has 148 valence electrons. The van der Waals surface area contributed by atoms with Crippen molar-refractivity contribution in [3.8, 4) is 5.75 Å². The number of ether oxygens (including phenoxy) is 2. The van der Waals surface area contributed by atoms with E-state index >= 15 is 0 Å². The molecule has 0 aliphatic carbocycles. The van der Waals surface area contributed by atoms with E-state index in [4.69, 9.17) is 9.47 Å². The Kier molecular flexibility index (Phi) is 5.96. The van der Waals surface area contributed by atoms with E-state index in [2.05, 4.69) is 10.3 Å². The Morgan fingerprint density at radius 3 is 2.82 bits per heavy atom. The number of rotatable bonds is 8. The van der Waals surface area contributed by atoms with E-state index in [0.717, 1.165) is 16.8 Å². The Morgan fingerprint density at radius 1 is 1.32 bits per heavy atom. The van der Waals surface area contributed by atoms with Crippen LogP contribution in [-0.2, 0) is 11.3 Å². The number of hydrogen-bond acceptors (Lipinski definition) is 5. The number of amides is 1. The van der Waals surface area contributed by atoms with Gasteiger partial charge in [-0.2, -0.15) is 0 Å². The summed E-state index contributed by atoms with van der Waals surface area (Å²) < 4.78 is 12.7. The highest BCUT2D eigenvalue weighted by atomic mass is 16.5. The highest BCUT2D eigenvalue weighted by Crippen LogP contribution is 2.22. The Bertz CT molecular complexity index is 955. The van der Waals surface area contributed by atoms with Crippen LogP contribution in [0.1, 0.15) is 28.7 Å². The third-order valence-electron chi connectivity index (χ3n) is 4.49. The van der Waals surface area contributed by atoms with Crippen LogP contribution in [0.2, 0.25) is 0 Å². The van der Waals surface area contributed by atoms with Gasteiger partial charge < -0.3 is 24.3 Å². The van der Waals surface area contributed by atoms with Gasteiger partial charge in [0.15, 0.2) is 0 Å². The number of fused-ring (bicyclic) bond motifs is 1. The summed E-state index contributed by atoms with van der Waals surface area (Å²) in [6.07, 6.45) is 3.50. The maximum Gasteiger partial charge on any atom is 0.269 e. The Labute approximate surface area is 163 Å². The third kappa shape index (κ3) is 4.32. The van der Waals surface area contributed by atoms with Gasteiger partial charge in [-0.05, 0) is 49.7 Å². The van der Waals surface area contributed by atoms with Crippen molar-refractivity contribution >= 4 is 11.4 Å². The fraction of sp³-hybridized carbons (Fsp3) is 0.333. The molecule has 3 rings (SSSR count). The number of methoxy groups -OCH3 is 1. The van der Waals surface area contributed by atoms with Crippen LogP contribution in [0.5, 0.6) is 5.75 Å². The highest BCUT2D eigenvalue weighted by Gasteiger charge is 2.28. The second-order valence-corrected chi connectivity index (χ2v) is 7.05.